The highest BCUT2D eigenvalue weighted by Gasteiger charge is 2.51. The summed E-state index contributed by atoms with van der Waals surface area (Å²) < 4.78 is 11.0. The van der Waals surface area contributed by atoms with Crippen molar-refractivity contribution >= 4 is 11.8 Å². The molecule has 0 aromatic carbocycles. The van der Waals surface area contributed by atoms with Gasteiger partial charge in [0.1, 0.15) is 0 Å². The second-order valence-electron chi connectivity index (χ2n) is 5.46. The van der Waals surface area contributed by atoms with Crippen molar-refractivity contribution in [3.8, 4) is 0 Å². The van der Waals surface area contributed by atoms with Crippen LogP contribution in [-0.4, -0.2) is 62.3 Å². The summed E-state index contributed by atoms with van der Waals surface area (Å²) in [5.41, 5.74) is 0. The van der Waals surface area contributed by atoms with Crippen LogP contribution in [0.25, 0.3) is 0 Å². The Hall–Kier alpha value is -1.14. The molecule has 0 aromatic rings. The topological polar surface area (TPSA) is 67.9 Å². The van der Waals surface area contributed by atoms with Crippen molar-refractivity contribution in [2.45, 2.75) is 25.0 Å². The Balaban J connectivity index is 1.75. The number of amides is 2. The van der Waals surface area contributed by atoms with Crippen molar-refractivity contribution in [1.29, 1.82) is 0 Å². The molecule has 3 aliphatic rings. The van der Waals surface area contributed by atoms with E-state index >= 15 is 0 Å². The number of carbonyl (C=O) groups is 2. The standard InChI is InChI=1S/C13H20N2O4/c1-14-12(16)9-6-15(10-3-5-19-11(9)10)13(17)8-2-4-18-7-8/h8-11H,2-7H2,1H3,(H,14,16)/t8?,9-,10+,11+/m1/s1. The Labute approximate surface area is 112 Å². The van der Waals surface area contributed by atoms with Gasteiger partial charge < -0.3 is 19.7 Å². The van der Waals surface area contributed by atoms with Crippen molar-refractivity contribution < 1.29 is 19.1 Å². The number of nitrogens with zero attached hydrogens (tertiary/aromatic N) is 1. The highest BCUT2D eigenvalue weighted by Crippen LogP contribution is 2.35. The van der Waals surface area contributed by atoms with Crippen molar-refractivity contribution in [3.63, 3.8) is 0 Å². The fraction of sp³-hybridized carbons (Fsp3) is 0.846. The fourth-order valence-corrected chi connectivity index (χ4v) is 3.40. The quantitative estimate of drug-likeness (QED) is 0.725. The molecule has 0 bridgehead atoms. The predicted octanol–water partition coefficient (Wildman–Crippen LogP) is -0.615. The minimum atomic E-state index is -0.233. The minimum absolute atomic E-state index is 0.0325. The lowest BCUT2D eigenvalue weighted by Gasteiger charge is -2.25. The molecule has 19 heavy (non-hydrogen) atoms. The van der Waals surface area contributed by atoms with Crippen LogP contribution in [0, 0.1) is 11.8 Å². The van der Waals surface area contributed by atoms with Crippen LogP contribution in [0.5, 0.6) is 0 Å². The van der Waals surface area contributed by atoms with Gasteiger partial charge in [0.2, 0.25) is 11.8 Å². The molecule has 3 aliphatic heterocycles. The molecule has 6 heteroatoms. The molecule has 2 amide bonds. The summed E-state index contributed by atoms with van der Waals surface area (Å²) in [5.74, 6) is -0.173. The molecule has 1 N–H and O–H groups in total. The van der Waals surface area contributed by atoms with Crippen molar-refractivity contribution in [2.75, 3.05) is 33.4 Å². The monoisotopic (exact) mass is 268 g/mol. The number of carbonyl (C=O) groups excluding carboxylic acids is 2. The lowest BCUT2D eigenvalue weighted by Crippen LogP contribution is -2.41. The third-order valence-electron chi connectivity index (χ3n) is 4.44. The van der Waals surface area contributed by atoms with E-state index in [9.17, 15) is 9.59 Å². The third-order valence-corrected chi connectivity index (χ3v) is 4.44. The van der Waals surface area contributed by atoms with Crippen molar-refractivity contribution in [1.82, 2.24) is 10.2 Å². The summed E-state index contributed by atoms with van der Waals surface area (Å²) >= 11 is 0. The molecule has 106 valence electrons. The lowest BCUT2D eigenvalue weighted by atomic mass is 10.0. The van der Waals surface area contributed by atoms with E-state index in [0.29, 0.717) is 26.4 Å². The molecule has 3 heterocycles. The average molecular weight is 268 g/mol. The average Bonchev–Trinajstić information content (AvgIpc) is 3.12. The summed E-state index contributed by atoms with van der Waals surface area (Å²) in [6.45, 7) is 2.28. The van der Waals surface area contributed by atoms with Gasteiger partial charge in [-0.1, -0.05) is 0 Å². The van der Waals surface area contributed by atoms with Crippen LogP contribution in [0.15, 0.2) is 0 Å². The van der Waals surface area contributed by atoms with Crippen molar-refractivity contribution in [3.05, 3.63) is 0 Å². The highest BCUT2D eigenvalue weighted by atomic mass is 16.5. The smallest absolute Gasteiger partial charge is 0.228 e. The largest absolute Gasteiger partial charge is 0.381 e. The van der Waals surface area contributed by atoms with Gasteiger partial charge in [0, 0.05) is 26.8 Å². The molecule has 3 saturated heterocycles. The summed E-state index contributed by atoms with van der Waals surface area (Å²) in [6.07, 6.45) is 1.49. The molecule has 0 saturated carbocycles. The van der Waals surface area contributed by atoms with Crippen LogP contribution < -0.4 is 5.32 Å². The molecule has 0 aromatic heterocycles. The van der Waals surface area contributed by atoms with Crippen LogP contribution in [-0.2, 0) is 19.1 Å². The van der Waals surface area contributed by atoms with E-state index in [0.717, 1.165) is 12.8 Å². The molecule has 4 atom stereocenters. The number of likely N-dealkylation sites (tertiary alicyclic amines) is 1. The van der Waals surface area contributed by atoms with Crippen LogP contribution in [0.1, 0.15) is 12.8 Å². The third kappa shape index (κ3) is 2.12. The Kier molecular flexibility index (Phi) is 3.45. The first-order valence-electron chi connectivity index (χ1n) is 6.94. The van der Waals surface area contributed by atoms with Gasteiger partial charge in [-0.05, 0) is 12.8 Å². The molecule has 1 unspecified atom stereocenters. The number of hydrogen-bond donors (Lipinski definition) is 1. The van der Waals surface area contributed by atoms with E-state index < -0.39 is 0 Å². The SMILES string of the molecule is CNC(=O)[C@@H]1CN(C(=O)C2CCOC2)[C@H]2CCO[C@@H]12. The number of ether oxygens (including phenoxy) is 2. The molecular formula is C13H20N2O4. The van der Waals surface area contributed by atoms with E-state index in [2.05, 4.69) is 5.32 Å². The summed E-state index contributed by atoms with van der Waals surface area (Å²) in [6, 6.07) is 0.0652. The van der Waals surface area contributed by atoms with Gasteiger partial charge in [0.05, 0.1) is 30.6 Å². The number of nitrogens with one attached hydrogen (secondary N) is 1. The van der Waals surface area contributed by atoms with Crippen LogP contribution in [0.4, 0.5) is 0 Å². The zero-order valence-corrected chi connectivity index (χ0v) is 11.1. The first kappa shape index (κ1) is 12.9. The molecule has 0 radical (unpaired) electrons. The normalized spacial score (nSPS) is 37.4. The van der Waals surface area contributed by atoms with E-state index in [4.69, 9.17) is 9.47 Å². The summed E-state index contributed by atoms with van der Waals surface area (Å²) in [5, 5.41) is 2.67. The van der Waals surface area contributed by atoms with E-state index in [-0.39, 0.29) is 35.8 Å². The van der Waals surface area contributed by atoms with Gasteiger partial charge in [0.25, 0.3) is 0 Å². The maximum atomic E-state index is 12.5. The highest BCUT2D eigenvalue weighted by molar-refractivity contribution is 5.84. The van der Waals surface area contributed by atoms with Gasteiger partial charge >= 0.3 is 0 Å². The predicted molar refractivity (Wildman–Crippen MR) is 66.3 cm³/mol. The Morgan fingerprint density at radius 1 is 1.26 bits per heavy atom. The maximum absolute atomic E-state index is 12.5. The van der Waals surface area contributed by atoms with Crippen molar-refractivity contribution in [2.24, 2.45) is 11.8 Å². The molecule has 3 fully saturated rings. The lowest BCUT2D eigenvalue weighted by molar-refractivity contribution is -0.136. The second-order valence-corrected chi connectivity index (χ2v) is 5.46. The molecular weight excluding hydrogens is 248 g/mol. The second kappa shape index (κ2) is 5.09. The Bertz CT molecular complexity index is 381. The number of fused-ring (bicyclic) bond motifs is 1. The number of rotatable bonds is 2. The molecule has 0 spiro atoms. The first-order chi connectivity index (χ1) is 9.22. The fourth-order valence-electron chi connectivity index (χ4n) is 3.40. The van der Waals surface area contributed by atoms with Crippen LogP contribution >= 0.6 is 0 Å². The summed E-state index contributed by atoms with van der Waals surface area (Å²) in [4.78, 5) is 26.3. The zero-order valence-electron chi connectivity index (χ0n) is 11.1. The van der Waals surface area contributed by atoms with Crippen LogP contribution in [0.2, 0.25) is 0 Å². The van der Waals surface area contributed by atoms with Crippen LogP contribution in [0.3, 0.4) is 0 Å². The van der Waals surface area contributed by atoms with E-state index in [1.54, 1.807) is 7.05 Å². The minimum Gasteiger partial charge on any atom is -0.381 e. The zero-order chi connectivity index (χ0) is 13.4. The van der Waals surface area contributed by atoms with E-state index in [1.165, 1.54) is 0 Å². The molecule has 3 rings (SSSR count). The molecule has 6 nitrogen and oxygen atoms in total. The Morgan fingerprint density at radius 2 is 2.11 bits per heavy atom. The van der Waals surface area contributed by atoms with Gasteiger partial charge in [-0.25, -0.2) is 0 Å². The Morgan fingerprint density at radius 3 is 2.79 bits per heavy atom. The van der Waals surface area contributed by atoms with Gasteiger partial charge in [0.15, 0.2) is 0 Å². The van der Waals surface area contributed by atoms with E-state index in [1.807, 2.05) is 4.90 Å². The maximum Gasteiger partial charge on any atom is 0.228 e. The van der Waals surface area contributed by atoms with Gasteiger partial charge in [-0.15, -0.1) is 0 Å². The van der Waals surface area contributed by atoms with Gasteiger partial charge in [-0.3, -0.25) is 9.59 Å². The molecule has 0 aliphatic carbocycles. The first-order valence-corrected chi connectivity index (χ1v) is 6.94. The summed E-state index contributed by atoms with van der Waals surface area (Å²) in [7, 11) is 1.63. The van der Waals surface area contributed by atoms with Gasteiger partial charge in [-0.2, -0.15) is 0 Å². The number of hydrogen-bond acceptors (Lipinski definition) is 4.